The summed E-state index contributed by atoms with van der Waals surface area (Å²) in [5, 5.41) is 0. The van der Waals surface area contributed by atoms with Gasteiger partial charge in [0, 0.05) is 12.8 Å². The zero-order valence-corrected chi connectivity index (χ0v) is 5.41. The molecule has 0 aliphatic heterocycles. The van der Waals surface area contributed by atoms with Crippen molar-refractivity contribution < 1.29 is 19.1 Å². The highest BCUT2D eigenvalue weighted by molar-refractivity contribution is 5.42. The lowest BCUT2D eigenvalue weighted by atomic mass is 9.91. The molecule has 56 valence electrons. The van der Waals surface area contributed by atoms with Crippen LogP contribution >= 0.6 is 0 Å². The van der Waals surface area contributed by atoms with Crippen LogP contribution in [0.4, 0.5) is 0 Å². The molecule has 0 atom stereocenters. The topological polar surface area (TPSA) is 52.6 Å². The summed E-state index contributed by atoms with van der Waals surface area (Å²) < 4.78 is 9.14. The van der Waals surface area contributed by atoms with Gasteiger partial charge in [0.2, 0.25) is 0 Å². The van der Waals surface area contributed by atoms with Gasteiger partial charge in [0.15, 0.2) is 0 Å². The van der Waals surface area contributed by atoms with E-state index in [1.54, 1.807) is 0 Å². The van der Waals surface area contributed by atoms with E-state index >= 15 is 0 Å². The number of carbonyl (C=O) groups excluding carboxylic acids is 2. The van der Waals surface area contributed by atoms with E-state index in [2.05, 4.69) is 9.47 Å². The number of carbonyl (C=O) groups is 2. The van der Waals surface area contributed by atoms with Crippen molar-refractivity contribution in [2.45, 2.75) is 25.0 Å². The second-order valence-electron chi connectivity index (χ2n) is 2.19. The van der Waals surface area contributed by atoms with Crippen molar-refractivity contribution >= 4 is 12.9 Å². The van der Waals surface area contributed by atoms with Gasteiger partial charge in [0.25, 0.3) is 18.7 Å². The number of rotatable bonds is 4. The number of hydrogen-bond donors (Lipinski definition) is 0. The Morgan fingerprint density at radius 2 is 1.60 bits per heavy atom. The third-order valence-electron chi connectivity index (χ3n) is 1.64. The van der Waals surface area contributed by atoms with E-state index in [9.17, 15) is 9.59 Å². The minimum atomic E-state index is -0.913. The van der Waals surface area contributed by atoms with Gasteiger partial charge in [-0.15, -0.1) is 0 Å². The van der Waals surface area contributed by atoms with Gasteiger partial charge in [0.05, 0.1) is 0 Å². The fourth-order valence-corrected chi connectivity index (χ4v) is 0.904. The summed E-state index contributed by atoms with van der Waals surface area (Å²) in [4.78, 5) is 19.7. The molecule has 0 N–H and O–H groups in total. The maximum atomic E-state index is 9.87. The first-order chi connectivity index (χ1) is 4.83. The van der Waals surface area contributed by atoms with E-state index in [0.717, 1.165) is 6.42 Å². The lowest BCUT2D eigenvalue weighted by Gasteiger charge is -2.36. The third-order valence-corrected chi connectivity index (χ3v) is 1.64. The fraction of sp³-hybridized carbons (Fsp3) is 0.667. The highest BCUT2D eigenvalue weighted by atomic mass is 16.7. The molecule has 0 saturated heterocycles. The van der Waals surface area contributed by atoms with Crippen molar-refractivity contribution in [1.29, 1.82) is 0 Å². The summed E-state index contributed by atoms with van der Waals surface area (Å²) >= 11 is 0. The maximum Gasteiger partial charge on any atom is 0.296 e. The summed E-state index contributed by atoms with van der Waals surface area (Å²) in [6.07, 6.45) is 2.16. The fourth-order valence-electron chi connectivity index (χ4n) is 0.904. The first kappa shape index (κ1) is 7.05. The van der Waals surface area contributed by atoms with Gasteiger partial charge >= 0.3 is 0 Å². The molecule has 0 bridgehead atoms. The Kier molecular flexibility index (Phi) is 1.89. The minimum Gasteiger partial charge on any atom is -0.425 e. The molecular formula is C6H8O4. The van der Waals surface area contributed by atoms with E-state index < -0.39 is 5.79 Å². The highest BCUT2D eigenvalue weighted by Crippen LogP contribution is 2.35. The highest BCUT2D eigenvalue weighted by Gasteiger charge is 2.41. The molecule has 1 aliphatic rings. The largest absolute Gasteiger partial charge is 0.425 e. The minimum absolute atomic E-state index is 0.308. The molecule has 1 saturated carbocycles. The summed E-state index contributed by atoms with van der Waals surface area (Å²) in [6, 6.07) is 0. The van der Waals surface area contributed by atoms with Gasteiger partial charge in [-0.05, 0) is 6.42 Å². The summed E-state index contributed by atoms with van der Waals surface area (Å²) in [5.74, 6) is -0.913. The zero-order valence-electron chi connectivity index (χ0n) is 5.41. The van der Waals surface area contributed by atoms with E-state index in [0.29, 0.717) is 25.8 Å². The van der Waals surface area contributed by atoms with Crippen LogP contribution in [0, 0.1) is 0 Å². The third kappa shape index (κ3) is 1.10. The summed E-state index contributed by atoms with van der Waals surface area (Å²) in [6.45, 7) is 0.616. The summed E-state index contributed by atoms with van der Waals surface area (Å²) in [7, 11) is 0. The average Bonchev–Trinajstić information content (AvgIpc) is 1.84. The molecule has 0 amide bonds. The predicted octanol–water partition coefficient (Wildman–Crippen LogP) is 0.213. The van der Waals surface area contributed by atoms with Gasteiger partial charge in [-0.25, -0.2) is 0 Å². The molecule has 0 aromatic heterocycles. The molecule has 1 aliphatic carbocycles. The van der Waals surface area contributed by atoms with Crippen LogP contribution in [-0.2, 0) is 19.1 Å². The molecule has 0 spiro atoms. The zero-order chi connectivity index (χ0) is 7.45. The van der Waals surface area contributed by atoms with Crippen molar-refractivity contribution in [3.8, 4) is 0 Å². The molecule has 0 aromatic rings. The van der Waals surface area contributed by atoms with Crippen molar-refractivity contribution in [3.05, 3.63) is 0 Å². The molecule has 10 heavy (non-hydrogen) atoms. The number of ether oxygens (including phenoxy) is 2. The lowest BCUT2D eigenvalue weighted by Crippen LogP contribution is -2.42. The van der Waals surface area contributed by atoms with Gasteiger partial charge in [-0.3, -0.25) is 9.59 Å². The standard InChI is InChI=1S/C6H8O4/c7-4-9-6(10-5-8)2-1-3-6/h4-5H,1-3H2. The van der Waals surface area contributed by atoms with Crippen LogP contribution in [0.25, 0.3) is 0 Å². The SMILES string of the molecule is O=COC1(OC=O)CCC1. The normalized spacial score (nSPS) is 20.4. The van der Waals surface area contributed by atoms with Crippen LogP contribution in [0.5, 0.6) is 0 Å². The monoisotopic (exact) mass is 144 g/mol. The maximum absolute atomic E-state index is 9.87. The molecule has 1 fully saturated rings. The molecule has 0 aromatic carbocycles. The van der Waals surface area contributed by atoms with Crippen molar-refractivity contribution in [3.63, 3.8) is 0 Å². The van der Waals surface area contributed by atoms with Crippen molar-refractivity contribution in [2.75, 3.05) is 0 Å². The smallest absolute Gasteiger partial charge is 0.296 e. The van der Waals surface area contributed by atoms with Crippen LogP contribution in [0.3, 0.4) is 0 Å². The molecule has 0 heterocycles. The quantitative estimate of drug-likeness (QED) is 0.418. The van der Waals surface area contributed by atoms with Crippen LogP contribution in [0.15, 0.2) is 0 Å². The second-order valence-corrected chi connectivity index (χ2v) is 2.19. The Morgan fingerprint density at radius 1 is 1.10 bits per heavy atom. The van der Waals surface area contributed by atoms with Crippen LogP contribution < -0.4 is 0 Å². The van der Waals surface area contributed by atoms with Gasteiger partial charge < -0.3 is 9.47 Å². The van der Waals surface area contributed by atoms with Crippen LogP contribution in [0.1, 0.15) is 19.3 Å². The molecule has 4 heteroatoms. The molecule has 0 radical (unpaired) electrons. The Labute approximate surface area is 58.1 Å². The average molecular weight is 144 g/mol. The van der Waals surface area contributed by atoms with E-state index in [1.807, 2.05) is 0 Å². The molecular weight excluding hydrogens is 136 g/mol. The van der Waals surface area contributed by atoms with Crippen LogP contribution in [-0.4, -0.2) is 18.7 Å². The van der Waals surface area contributed by atoms with E-state index in [4.69, 9.17) is 0 Å². The lowest BCUT2D eigenvalue weighted by molar-refractivity contribution is -0.239. The van der Waals surface area contributed by atoms with Crippen molar-refractivity contribution in [2.24, 2.45) is 0 Å². The van der Waals surface area contributed by atoms with Crippen LogP contribution in [0.2, 0.25) is 0 Å². The second kappa shape index (κ2) is 2.68. The van der Waals surface area contributed by atoms with Gasteiger partial charge in [-0.1, -0.05) is 0 Å². The van der Waals surface area contributed by atoms with Gasteiger partial charge in [0.1, 0.15) is 0 Å². The first-order valence-electron chi connectivity index (χ1n) is 3.06. The first-order valence-corrected chi connectivity index (χ1v) is 3.06. The Balaban J connectivity index is 2.41. The molecule has 1 rings (SSSR count). The number of hydrogen-bond acceptors (Lipinski definition) is 4. The van der Waals surface area contributed by atoms with E-state index in [-0.39, 0.29) is 0 Å². The van der Waals surface area contributed by atoms with Crippen molar-refractivity contribution in [1.82, 2.24) is 0 Å². The van der Waals surface area contributed by atoms with E-state index in [1.165, 1.54) is 0 Å². The Hall–Kier alpha value is -1.06. The van der Waals surface area contributed by atoms with Gasteiger partial charge in [-0.2, -0.15) is 0 Å². The Morgan fingerprint density at radius 3 is 1.80 bits per heavy atom. The molecule has 4 nitrogen and oxygen atoms in total. The Bertz CT molecular complexity index is 127. The summed E-state index contributed by atoms with van der Waals surface area (Å²) in [5.41, 5.74) is 0. The predicted molar refractivity (Wildman–Crippen MR) is 30.9 cm³/mol. The molecule has 0 unspecified atom stereocenters.